The number of methoxy groups -OCH3 is 1. The molecule has 3 rings (SSSR count). The molecule has 4 nitrogen and oxygen atoms in total. The van der Waals surface area contributed by atoms with Crippen molar-refractivity contribution in [1.82, 2.24) is 5.32 Å². The number of nitrogens with one attached hydrogen (secondary N) is 1. The van der Waals surface area contributed by atoms with Crippen LogP contribution in [0.3, 0.4) is 0 Å². The number of carbonyl (C=O) groups is 1. The van der Waals surface area contributed by atoms with E-state index < -0.39 is 5.97 Å². The van der Waals surface area contributed by atoms with Crippen molar-refractivity contribution >= 4 is 29.3 Å². The predicted molar refractivity (Wildman–Crippen MR) is 86.4 cm³/mol. The molecule has 0 aliphatic carbocycles. The average Bonchev–Trinajstić information content (AvgIpc) is 3.01. The van der Waals surface area contributed by atoms with Crippen molar-refractivity contribution < 1.29 is 13.9 Å². The van der Waals surface area contributed by atoms with E-state index in [0.29, 0.717) is 12.3 Å². The lowest BCUT2D eigenvalue weighted by Crippen LogP contribution is -2.24. The van der Waals surface area contributed by atoms with Crippen molar-refractivity contribution in [2.75, 3.05) is 12.9 Å². The van der Waals surface area contributed by atoms with Crippen molar-refractivity contribution in [2.45, 2.75) is 23.9 Å². The maximum Gasteiger partial charge on any atom is 0.373 e. The van der Waals surface area contributed by atoms with E-state index in [4.69, 9.17) is 16.0 Å². The van der Waals surface area contributed by atoms with E-state index >= 15 is 0 Å². The summed E-state index contributed by atoms with van der Waals surface area (Å²) in [5.41, 5.74) is 1.23. The Balaban J connectivity index is 1.69. The first-order chi connectivity index (χ1) is 10.7. The van der Waals surface area contributed by atoms with Gasteiger partial charge in [-0.25, -0.2) is 4.79 Å². The molecular weight excluding hydrogens is 322 g/mol. The summed E-state index contributed by atoms with van der Waals surface area (Å²) in [5, 5.41) is 4.22. The maximum absolute atomic E-state index is 11.4. The minimum atomic E-state index is -0.461. The van der Waals surface area contributed by atoms with E-state index in [1.54, 1.807) is 12.1 Å². The van der Waals surface area contributed by atoms with Crippen LogP contribution in [0.4, 0.5) is 0 Å². The van der Waals surface area contributed by atoms with Gasteiger partial charge in [-0.05, 0) is 48.1 Å². The fourth-order valence-corrected chi connectivity index (χ4v) is 3.77. The zero-order chi connectivity index (χ0) is 15.5. The van der Waals surface area contributed by atoms with E-state index in [1.807, 2.05) is 23.9 Å². The van der Waals surface area contributed by atoms with Gasteiger partial charge in [0.05, 0.1) is 13.7 Å². The second-order valence-corrected chi connectivity index (χ2v) is 6.58. The van der Waals surface area contributed by atoms with Crippen molar-refractivity contribution in [2.24, 2.45) is 0 Å². The molecule has 2 heterocycles. The van der Waals surface area contributed by atoms with Gasteiger partial charge in [-0.1, -0.05) is 11.6 Å². The first kappa shape index (κ1) is 15.5. The Morgan fingerprint density at radius 2 is 2.32 bits per heavy atom. The number of hydrogen-bond acceptors (Lipinski definition) is 5. The van der Waals surface area contributed by atoms with Crippen LogP contribution in [0.2, 0.25) is 5.02 Å². The van der Waals surface area contributed by atoms with Crippen LogP contribution >= 0.6 is 23.4 Å². The summed E-state index contributed by atoms with van der Waals surface area (Å²) in [4.78, 5) is 12.6. The van der Waals surface area contributed by atoms with Gasteiger partial charge in [0.25, 0.3) is 0 Å². The van der Waals surface area contributed by atoms with Crippen LogP contribution in [0.1, 0.15) is 34.3 Å². The third kappa shape index (κ3) is 3.32. The van der Waals surface area contributed by atoms with Crippen LogP contribution in [-0.4, -0.2) is 18.8 Å². The Kier molecular flexibility index (Phi) is 4.76. The van der Waals surface area contributed by atoms with Gasteiger partial charge in [0.1, 0.15) is 5.76 Å². The molecule has 0 bridgehead atoms. The lowest BCUT2D eigenvalue weighted by molar-refractivity contribution is 0.0562. The standard InChI is InChI=1S/C16H16ClNO3S/c1-20-16(19)14-4-3-11(21-14)9-18-13-6-7-22-15-5-2-10(17)8-12(13)15/h2-5,8,13,18H,6-7,9H2,1H3. The van der Waals surface area contributed by atoms with Crippen molar-refractivity contribution in [1.29, 1.82) is 0 Å². The molecule has 0 amide bonds. The summed E-state index contributed by atoms with van der Waals surface area (Å²) in [7, 11) is 1.34. The van der Waals surface area contributed by atoms with Crippen LogP contribution in [0.5, 0.6) is 0 Å². The number of benzene rings is 1. The van der Waals surface area contributed by atoms with Gasteiger partial charge >= 0.3 is 5.97 Å². The SMILES string of the molecule is COC(=O)c1ccc(CNC2CCSc3ccc(Cl)cc32)o1. The average molecular weight is 338 g/mol. The highest BCUT2D eigenvalue weighted by Gasteiger charge is 2.21. The van der Waals surface area contributed by atoms with Crippen molar-refractivity contribution in [3.05, 3.63) is 52.4 Å². The highest BCUT2D eigenvalue weighted by Crippen LogP contribution is 2.37. The summed E-state index contributed by atoms with van der Waals surface area (Å²) in [6.45, 7) is 0.554. The Morgan fingerprint density at radius 3 is 3.14 bits per heavy atom. The Labute approximate surface area is 138 Å². The van der Waals surface area contributed by atoms with E-state index in [1.165, 1.54) is 17.6 Å². The number of rotatable bonds is 4. The van der Waals surface area contributed by atoms with E-state index in [9.17, 15) is 4.79 Å². The van der Waals surface area contributed by atoms with Crippen LogP contribution in [0, 0.1) is 0 Å². The lowest BCUT2D eigenvalue weighted by atomic mass is 10.0. The minimum absolute atomic E-state index is 0.224. The van der Waals surface area contributed by atoms with Gasteiger partial charge in [-0.2, -0.15) is 0 Å². The molecule has 2 aromatic rings. The maximum atomic E-state index is 11.4. The number of thioether (sulfide) groups is 1. The number of carbonyl (C=O) groups excluding carboxylic acids is 1. The quantitative estimate of drug-likeness (QED) is 0.853. The Hall–Kier alpha value is -1.43. The van der Waals surface area contributed by atoms with Crippen LogP contribution in [-0.2, 0) is 11.3 Å². The van der Waals surface area contributed by atoms with Gasteiger partial charge in [0.15, 0.2) is 0 Å². The molecule has 1 aromatic heterocycles. The van der Waals surface area contributed by atoms with Crippen molar-refractivity contribution in [3.63, 3.8) is 0 Å². The van der Waals surface area contributed by atoms with Crippen molar-refractivity contribution in [3.8, 4) is 0 Å². The molecule has 0 saturated heterocycles. The smallest absolute Gasteiger partial charge is 0.373 e. The Morgan fingerprint density at radius 1 is 1.45 bits per heavy atom. The molecule has 1 N–H and O–H groups in total. The number of furan rings is 1. The summed E-state index contributed by atoms with van der Waals surface area (Å²) in [6.07, 6.45) is 1.03. The number of fused-ring (bicyclic) bond motifs is 1. The first-order valence-corrected chi connectivity index (χ1v) is 8.36. The largest absolute Gasteiger partial charge is 0.463 e. The molecule has 0 fully saturated rings. The molecule has 1 aliphatic heterocycles. The zero-order valence-electron chi connectivity index (χ0n) is 12.1. The molecule has 1 aromatic carbocycles. The summed E-state index contributed by atoms with van der Waals surface area (Å²) in [5.74, 6) is 1.54. The summed E-state index contributed by atoms with van der Waals surface area (Å²) >= 11 is 7.96. The number of ether oxygens (including phenoxy) is 1. The highest BCUT2D eigenvalue weighted by molar-refractivity contribution is 7.99. The normalized spacial score (nSPS) is 17.1. The molecule has 116 valence electrons. The van der Waals surface area contributed by atoms with E-state index in [0.717, 1.165) is 17.2 Å². The van der Waals surface area contributed by atoms with Gasteiger partial charge in [-0.15, -0.1) is 11.8 Å². The Bertz CT molecular complexity index is 686. The molecule has 0 saturated carbocycles. The zero-order valence-corrected chi connectivity index (χ0v) is 13.7. The third-order valence-corrected chi connectivity index (χ3v) is 4.94. The summed E-state index contributed by atoms with van der Waals surface area (Å²) < 4.78 is 10.1. The lowest BCUT2D eigenvalue weighted by Gasteiger charge is -2.26. The fourth-order valence-electron chi connectivity index (χ4n) is 2.48. The molecule has 1 aliphatic rings. The minimum Gasteiger partial charge on any atom is -0.463 e. The topological polar surface area (TPSA) is 51.5 Å². The van der Waals surface area contributed by atoms with Crippen LogP contribution in [0.25, 0.3) is 0 Å². The second kappa shape index (κ2) is 6.77. The molecule has 1 atom stereocenters. The second-order valence-electron chi connectivity index (χ2n) is 5.01. The molecular formula is C16H16ClNO3S. The molecule has 22 heavy (non-hydrogen) atoms. The highest BCUT2D eigenvalue weighted by atomic mass is 35.5. The third-order valence-electron chi connectivity index (χ3n) is 3.58. The van der Waals surface area contributed by atoms with Gasteiger partial charge in [0.2, 0.25) is 5.76 Å². The van der Waals surface area contributed by atoms with Gasteiger partial charge in [0, 0.05) is 16.0 Å². The first-order valence-electron chi connectivity index (χ1n) is 7.00. The number of halogens is 1. The molecule has 6 heteroatoms. The van der Waals surface area contributed by atoms with E-state index in [-0.39, 0.29) is 11.8 Å². The van der Waals surface area contributed by atoms with Gasteiger partial charge in [-0.3, -0.25) is 0 Å². The number of hydrogen-bond donors (Lipinski definition) is 1. The monoisotopic (exact) mass is 337 g/mol. The van der Waals surface area contributed by atoms with Crippen LogP contribution < -0.4 is 5.32 Å². The predicted octanol–water partition coefficient (Wildman–Crippen LogP) is 4.05. The summed E-state index contributed by atoms with van der Waals surface area (Å²) in [6, 6.07) is 9.66. The van der Waals surface area contributed by atoms with E-state index in [2.05, 4.69) is 16.1 Å². The molecule has 0 spiro atoms. The number of esters is 1. The fraction of sp³-hybridized carbons (Fsp3) is 0.312. The molecule has 1 unspecified atom stereocenters. The molecule has 0 radical (unpaired) electrons. The van der Waals surface area contributed by atoms with Gasteiger partial charge < -0.3 is 14.5 Å². The van der Waals surface area contributed by atoms with Crippen LogP contribution in [0.15, 0.2) is 39.6 Å².